The van der Waals surface area contributed by atoms with Crippen molar-refractivity contribution in [2.75, 3.05) is 0 Å². The van der Waals surface area contributed by atoms with Crippen LogP contribution < -0.4 is 5.32 Å². The number of hydrogen-bond donors (Lipinski definition) is 1. The van der Waals surface area contributed by atoms with E-state index in [1.54, 1.807) is 6.07 Å². The number of para-hydroxylation sites is 1. The molecule has 1 N–H and O–H groups in total. The van der Waals surface area contributed by atoms with Gasteiger partial charge in [-0.1, -0.05) is 24.3 Å². The fourth-order valence-electron chi connectivity index (χ4n) is 3.00. The molecule has 2 aromatic carbocycles. The fraction of sp³-hybridized carbons (Fsp3) is 0.238. The van der Waals surface area contributed by atoms with Crippen molar-refractivity contribution in [3.63, 3.8) is 0 Å². The van der Waals surface area contributed by atoms with E-state index in [0.29, 0.717) is 6.54 Å². The van der Waals surface area contributed by atoms with Crippen molar-refractivity contribution in [1.29, 1.82) is 0 Å². The molecule has 0 unspecified atom stereocenters. The number of aromatic nitrogens is 2. The molecule has 4 nitrogen and oxygen atoms in total. The normalized spacial score (nSPS) is 10.8. The Kier molecular flexibility index (Phi) is 5.16. The van der Waals surface area contributed by atoms with Gasteiger partial charge in [0.2, 0.25) is 5.91 Å². The summed E-state index contributed by atoms with van der Waals surface area (Å²) in [5.41, 5.74) is 5.41. The van der Waals surface area contributed by atoms with E-state index in [0.717, 1.165) is 33.8 Å². The number of carbonyl (C=O) groups excluding carboxylic acids is 1. The third-order valence-corrected chi connectivity index (χ3v) is 4.57. The first kappa shape index (κ1) is 17.9. The Morgan fingerprint density at radius 3 is 2.58 bits per heavy atom. The number of hydrogen-bond acceptors (Lipinski definition) is 2. The molecule has 0 fully saturated rings. The Hall–Kier alpha value is -2.95. The lowest BCUT2D eigenvalue weighted by Gasteiger charge is -2.09. The smallest absolute Gasteiger partial charge is 0.224 e. The molecule has 3 rings (SSSR count). The van der Waals surface area contributed by atoms with E-state index in [2.05, 4.69) is 10.4 Å². The van der Waals surface area contributed by atoms with E-state index in [4.69, 9.17) is 0 Å². The van der Waals surface area contributed by atoms with Crippen LogP contribution in [0.25, 0.3) is 5.69 Å². The minimum atomic E-state index is -0.296. The van der Waals surface area contributed by atoms with Gasteiger partial charge < -0.3 is 5.32 Å². The van der Waals surface area contributed by atoms with Crippen LogP contribution in [0.3, 0.4) is 0 Å². The molecule has 1 heterocycles. The third kappa shape index (κ3) is 3.82. The molecule has 0 radical (unpaired) electrons. The second kappa shape index (κ2) is 7.52. The van der Waals surface area contributed by atoms with E-state index < -0.39 is 0 Å². The summed E-state index contributed by atoms with van der Waals surface area (Å²) in [7, 11) is 0. The van der Waals surface area contributed by atoms with Crippen molar-refractivity contribution in [2.24, 2.45) is 0 Å². The van der Waals surface area contributed by atoms with E-state index in [1.165, 1.54) is 12.1 Å². The number of aryl methyl sites for hydroxylation is 2. The predicted octanol–water partition coefficient (Wildman–Crippen LogP) is 3.80. The van der Waals surface area contributed by atoms with Gasteiger partial charge in [0.05, 0.1) is 17.8 Å². The van der Waals surface area contributed by atoms with E-state index >= 15 is 0 Å². The number of halogens is 1. The van der Waals surface area contributed by atoms with Crippen LogP contribution in [0.1, 0.15) is 28.1 Å². The van der Waals surface area contributed by atoms with Crippen LogP contribution in [-0.4, -0.2) is 15.7 Å². The molecular formula is C21H22FN3O. The molecule has 0 aliphatic heterocycles. The van der Waals surface area contributed by atoms with Crippen LogP contribution in [0.5, 0.6) is 0 Å². The minimum Gasteiger partial charge on any atom is -0.352 e. The molecule has 0 saturated carbocycles. The first-order valence-corrected chi connectivity index (χ1v) is 8.58. The van der Waals surface area contributed by atoms with Crippen molar-refractivity contribution in [1.82, 2.24) is 15.1 Å². The zero-order valence-electron chi connectivity index (χ0n) is 15.2. The lowest BCUT2D eigenvalue weighted by atomic mass is 10.1. The van der Waals surface area contributed by atoms with Crippen molar-refractivity contribution < 1.29 is 9.18 Å². The summed E-state index contributed by atoms with van der Waals surface area (Å²) in [6, 6.07) is 14.4. The first-order chi connectivity index (χ1) is 12.5. The Bertz CT molecular complexity index is 932. The monoisotopic (exact) mass is 351 g/mol. The van der Waals surface area contributed by atoms with Crippen LogP contribution in [0.2, 0.25) is 0 Å². The maximum Gasteiger partial charge on any atom is 0.224 e. The standard InChI is InChI=1S/C21H22FN3O/c1-14-9-10-18(22)11-17(14)13-23-21(26)12-20-15(2)24-25(16(20)3)19-7-5-4-6-8-19/h4-11H,12-13H2,1-3H3,(H,23,26). The first-order valence-electron chi connectivity index (χ1n) is 8.58. The predicted molar refractivity (Wildman–Crippen MR) is 99.7 cm³/mol. The molecule has 1 amide bonds. The SMILES string of the molecule is Cc1ccc(F)cc1CNC(=O)Cc1c(C)nn(-c2ccccc2)c1C. The Balaban J connectivity index is 1.72. The zero-order chi connectivity index (χ0) is 18.7. The molecule has 134 valence electrons. The quantitative estimate of drug-likeness (QED) is 0.760. The molecule has 0 aliphatic rings. The van der Waals surface area contributed by atoms with E-state index in [1.807, 2.05) is 55.8 Å². The highest BCUT2D eigenvalue weighted by Gasteiger charge is 2.16. The Morgan fingerprint density at radius 1 is 1.12 bits per heavy atom. The molecule has 0 bridgehead atoms. The van der Waals surface area contributed by atoms with Gasteiger partial charge in [-0.2, -0.15) is 5.10 Å². The summed E-state index contributed by atoms with van der Waals surface area (Å²) in [4.78, 5) is 12.4. The molecule has 0 spiro atoms. The lowest BCUT2D eigenvalue weighted by molar-refractivity contribution is -0.120. The van der Waals surface area contributed by atoms with Gasteiger partial charge >= 0.3 is 0 Å². The highest BCUT2D eigenvalue weighted by molar-refractivity contribution is 5.79. The maximum atomic E-state index is 13.4. The van der Waals surface area contributed by atoms with Gasteiger partial charge in [0.15, 0.2) is 0 Å². The molecule has 0 aliphatic carbocycles. The van der Waals surface area contributed by atoms with Gasteiger partial charge in [0.1, 0.15) is 5.82 Å². The highest BCUT2D eigenvalue weighted by atomic mass is 19.1. The fourth-order valence-corrected chi connectivity index (χ4v) is 3.00. The second-order valence-electron chi connectivity index (χ2n) is 6.42. The van der Waals surface area contributed by atoms with Gasteiger partial charge in [-0.3, -0.25) is 4.79 Å². The van der Waals surface area contributed by atoms with E-state index in [-0.39, 0.29) is 18.1 Å². The third-order valence-electron chi connectivity index (χ3n) is 4.57. The summed E-state index contributed by atoms with van der Waals surface area (Å²) in [6.07, 6.45) is 0.249. The van der Waals surface area contributed by atoms with Crippen molar-refractivity contribution >= 4 is 5.91 Å². The number of rotatable bonds is 5. The summed E-state index contributed by atoms with van der Waals surface area (Å²) < 4.78 is 15.2. The number of benzene rings is 2. The molecular weight excluding hydrogens is 329 g/mol. The van der Waals surface area contributed by atoms with Crippen LogP contribution in [0.4, 0.5) is 4.39 Å². The average molecular weight is 351 g/mol. The van der Waals surface area contributed by atoms with Crippen LogP contribution >= 0.6 is 0 Å². The molecule has 3 aromatic rings. The number of nitrogens with zero attached hydrogens (tertiary/aromatic N) is 2. The summed E-state index contributed by atoms with van der Waals surface area (Å²) >= 11 is 0. The molecule has 26 heavy (non-hydrogen) atoms. The molecule has 0 saturated heterocycles. The van der Waals surface area contributed by atoms with Crippen molar-refractivity contribution in [3.8, 4) is 5.69 Å². The summed E-state index contributed by atoms with van der Waals surface area (Å²) in [5, 5.41) is 7.44. The summed E-state index contributed by atoms with van der Waals surface area (Å²) in [6.45, 7) is 6.09. The van der Waals surface area contributed by atoms with E-state index in [9.17, 15) is 9.18 Å². The zero-order valence-corrected chi connectivity index (χ0v) is 15.2. The Labute approximate surface area is 152 Å². The average Bonchev–Trinajstić information content (AvgIpc) is 2.91. The maximum absolute atomic E-state index is 13.4. The lowest BCUT2D eigenvalue weighted by Crippen LogP contribution is -2.25. The van der Waals surface area contributed by atoms with Crippen LogP contribution in [0, 0.1) is 26.6 Å². The van der Waals surface area contributed by atoms with Gasteiger partial charge in [0.25, 0.3) is 0 Å². The molecule has 1 aromatic heterocycles. The van der Waals surface area contributed by atoms with Gasteiger partial charge in [0, 0.05) is 17.8 Å². The summed E-state index contributed by atoms with van der Waals surface area (Å²) in [5.74, 6) is -0.400. The molecule has 5 heteroatoms. The van der Waals surface area contributed by atoms with Gasteiger partial charge in [-0.05, 0) is 56.2 Å². The van der Waals surface area contributed by atoms with Crippen LogP contribution in [0.15, 0.2) is 48.5 Å². The largest absolute Gasteiger partial charge is 0.352 e. The van der Waals surface area contributed by atoms with Crippen LogP contribution in [-0.2, 0) is 17.8 Å². The molecule has 0 atom stereocenters. The Morgan fingerprint density at radius 2 is 1.85 bits per heavy atom. The number of carbonyl (C=O) groups is 1. The minimum absolute atomic E-state index is 0.104. The van der Waals surface area contributed by atoms with Gasteiger partial charge in [-0.25, -0.2) is 9.07 Å². The van der Waals surface area contributed by atoms with Gasteiger partial charge in [-0.15, -0.1) is 0 Å². The number of amides is 1. The topological polar surface area (TPSA) is 46.9 Å². The number of nitrogens with one attached hydrogen (secondary N) is 1. The highest BCUT2D eigenvalue weighted by Crippen LogP contribution is 2.18. The van der Waals surface area contributed by atoms with Crippen molar-refractivity contribution in [2.45, 2.75) is 33.7 Å². The van der Waals surface area contributed by atoms with Crippen molar-refractivity contribution in [3.05, 3.63) is 82.4 Å². The second-order valence-corrected chi connectivity index (χ2v) is 6.42.